The third kappa shape index (κ3) is 4.19. The molecule has 1 aliphatic heterocycles. The molecule has 1 aliphatic rings. The lowest BCUT2D eigenvalue weighted by Crippen LogP contribution is -2.28. The van der Waals surface area contributed by atoms with Crippen LogP contribution in [-0.2, 0) is 9.53 Å². The number of amides is 1. The molecule has 0 atom stereocenters. The molecule has 1 amide bonds. The Bertz CT molecular complexity index is 1150. The number of hydrogen-bond donors (Lipinski definition) is 0. The summed E-state index contributed by atoms with van der Waals surface area (Å²) in [5, 5.41) is 3.08. The first-order chi connectivity index (χ1) is 14.5. The summed E-state index contributed by atoms with van der Waals surface area (Å²) in [5.74, 6) is -0.556. The van der Waals surface area contributed by atoms with Gasteiger partial charge in [0.2, 0.25) is 5.13 Å². The molecule has 0 saturated carbocycles. The number of ether oxygens (including phenoxy) is 1. The first-order valence-electron chi connectivity index (χ1n) is 9.03. The quantitative estimate of drug-likeness (QED) is 0.424. The second-order valence-electron chi connectivity index (χ2n) is 6.37. The predicted octanol–water partition coefficient (Wildman–Crippen LogP) is 5.05. The van der Waals surface area contributed by atoms with E-state index in [0.29, 0.717) is 20.8 Å². The first-order valence-corrected chi connectivity index (χ1v) is 10.7. The lowest BCUT2D eigenvalue weighted by atomic mass is 10.1. The summed E-state index contributed by atoms with van der Waals surface area (Å²) >= 11 is 2.73. The number of methoxy groups -OCH3 is 1. The van der Waals surface area contributed by atoms with Gasteiger partial charge in [-0.2, -0.15) is 4.99 Å². The summed E-state index contributed by atoms with van der Waals surface area (Å²) < 4.78 is 4.72. The second kappa shape index (κ2) is 8.64. The number of benzene rings is 2. The molecule has 1 fully saturated rings. The maximum absolute atomic E-state index is 13.2. The van der Waals surface area contributed by atoms with Gasteiger partial charge in [-0.15, -0.1) is 11.3 Å². The zero-order valence-electron chi connectivity index (χ0n) is 16.2. The number of aliphatic imine (C=N–C) groups is 1. The number of carbonyl (C=O) groups excluding carboxylic acids is 2. The van der Waals surface area contributed by atoms with Crippen LogP contribution in [0.5, 0.6) is 0 Å². The summed E-state index contributed by atoms with van der Waals surface area (Å²) in [6.07, 6.45) is 1.79. The molecular formula is C22H17N3O3S2. The number of esters is 1. The molecule has 4 rings (SSSR count). The van der Waals surface area contributed by atoms with Crippen LogP contribution >= 0.6 is 23.1 Å². The maximum atomic E-state index is 13.2. The van der Waals surface area contributed by atoms with Crippen molar-refractivity contribution in [1.82, 2.24) is 4.98 Å². The molecular weight excluding hydrogens is 418 g/mol. The molecule has 2 heterocycles. The van der Waals surface area contributed by atoms with Crippen molar-refractivity contribution in [3.8, 4) is 0 Å². The molecule has 3 aromatic rings. The fraction of sp³-hybridized carbons (Fsp3) is 0.0909. The van der Waals surface area contributed by atoms with Crippen LogP contribution in [-0.4, -0.2) is 29.1 Å². The molecule has 6 nitrogen and oxygen atoms in total. The Hall–Kier alpha value is -3.23. The highest BCUT2D eigenvalue weighted by atomic mass is 32.2. The molecule has 0 N–H and O–H groups in total. The number of carbonyl (C=O) groups is 2. The molecule has 0 radical (unpaired) electrons. The van der Waals surface area contributed by atoms with E-state index in [1.54, 1.807) is 35.2 Å². The van der Waals surface area contributed by atoms with Crippen molar-refractivity contribution in [2.24, 2.45) is 4.99 Å². The van der Waals surface area contributed by atoms with Crippen LogP contribution in [0.3, 0.4) is 0 Å². The summed E-state index contributed by atoms with van der Waals surface area (Å²) in [4.78, 5) is 36.0. The smallest absolute Gasteiger partial charge is 0.337 e. The van der Waals surface area contributed by atoms with Gasteiger partial charge in [0.05, 0.1) is 29.0 Å². The van der Waals surface area contributed by atoms with Crippen LogP contribution in [0.2, 0.25) is 0 Å². The fourth-order valence-corrected chi connectivity index (χ4v) is 4.52. The average molecular weight is 436 g/mol. The third-order valence-corrected chi connectivity index (χ3v) is 6.07. The Kier molecular flexibility index (Phi) is 5.78. The molecule has 150 valence electrons. The SMILES string of the molecule is COC(=O)c1ccc(/C=C2\S/C(=N/c3nc(C)cs3)N(c3ccccc3)C2=O)cc1. The van der Waals surface area contributed by atoms with E-state index in [1.165, 1.54) is 30.2 Å². The predicted molar refractivity (Wildman–Crippen MR) is 121 cm³/mol. The minimum atomic E-state index is -0.399. The van der Waals surface area contributed by atoms with Gasteiger partial charge in [0.1, 0.15) is 0 Å². The standard InChI is InChI=1S/C22H17N3O3S2/c1-14-13-29-21(23-14)24-22-25(17-6-4-3-5-7-17)19(26)18(30-22)12-15-8-10-16(11-9-15)20(27)28-2/h3-13H,1-2H3/b18-12-,24-22+. The number of thiazole rings is 1. The molecule has 1 aromatic heterocycles. The number of rotatable bonds is 4. The van der Waals surface area contributed by atoms with Crippen molar-refractivity contribution in [1.29, 1.82) is 0 Å². The van der Waals surface area contributed by atoms with Crippen LogP contribution in [0, 0.1) is 6.92 Å². The zero-order chi connectivity index (χ0) is 21.1. The van der Waals surface area contributed by atoms with Crippen molar-refractivity contribution in [2.45, 2.75) is 6.92 Å². The van der Waals surface area contributed by atoms with E-state index >= 15 is 0 Å². The second-order valence-corrected chi connectivity index (χ2v) is 8.21. The molecule has 8 heteroatoms. The topological polar surface area (TPSA) is 71.9 Å². The highest BCUT2D eigenvalue weighted by molar-refractivity contribution is 8.19. The number of anilines is 1. The molecule has 0 aliphatic carbocycles. The number of hydrogen-bond acceptors (Lipinski definition) is 7. The Morgan fingerprint density at radius 1 is 1.13 bits per heavy atom. The third-order valence-electron chi connectivity index (χ3n) is 4.25. The first kappa shape index (κ1) is 20.1. The van der Waals surface area contributed by atoms with E-state index < -0.39 is 5.97 Å². The monoisotopic (exact) mass is 435 g/mol. The van der Waals surface area contributed by atoms with Gasteiger partial charge < -0.3 is 4.74 Å². The van der Waals surface area contributed by atoms with Crippen molar-refractivity contribution in [2.75, 3.05) is 12.0 Å². The van der Waals surface area contributed by atoms with Crippen molar-refractivity contribution >= 4 is 57.0 Å². The number of amidine groups is 1. The van der Waals surface area contributed by atoms with Gasteiger partial charge in [-0.1, -0.05) is 30.3 Å². The largest absolute Gasteiger partial charge is 0.465 e. The van der Waals surface area contributed by atoms with Gasteiger partial charge in [0.15, 0.2) is 5.17 Å². The van der Waals surface area contributed by atoms with Crippen molar-refractivity contribution in [3.05, 3.63) is 81.7 Å². The number of aromatic nitrogens is 1. The maximum Gasteiger partial charge on any atom is 0.337 e. The van der Waals surface area contributed by atoms with Gasteiger partial charge in [0, 0.05) is 5.38 Å². The van der Waals surface area contributed by atoms with E-state index in [1.807, 2.05) is 42.6 Å². The van der Waals surface area contributed by atoms with Gasteiger partial charge >= 0.3 is 5.97 Å². The van der Waals surface area contributed by atoms with Gasteiger partial charge in [-0.05, 0) is 54.6 Å². The summed E-state index contributed by atoms with van der Waals surface area (Å²) in [5.41, 5.74) is 2.89. The van der Waals surface area contributed by atoms with Gasteiger partial charge in [-0.3, -0.25) is 9.69 Å². The van der Waals surface area contributed by atoms with Crippen LogP contribution in [0.1, 0.15) is 21.6 Å². The molecule has 0 bridgehead atoms. The Labute approximate surface area is 181 Å². The van der Waals surface area contributed by atoms with E-state index in [-0.39, 0.29) is 5.91 Å². The number of para-hydroxylation sites is 1. The Morgan fingerprint density at radius 3 is 2.50 bits per heavy atom. The lowest BCUT2D eigenvalue weighted by molar-refractivity contribution is -0.113. The Morgan fingerprint density at radius 2 is 1.87 bits per heavy atom. The number of aryl methyl sites for hydroxylation is 1. The van der Waals surface area contributed by atoms with Crippen LogP contribution in [0.15, 0.2) is 69.9 Å². The minimum absolute atomic E-state index is 0.157. The fourth-order valence-electron chi connectivity index (χ4n) is 2.81. The molecule has 0 spiro atoms. The minimum Gasteiger partial charge on any atom is -0.465 e. The lowest BCUT2D eigenvalue weighted by Gasteiger charge is -2.14. The Balaban J connectivity index is 1.70. The highest BCUT2D eigenvalue weighted by Crippen LogP contribution is 2.37. The van der Waals surface area contributed by atoms with Crippen molar-refractivity contribution < 1.29 is 14.3 Å². The van der Waals surface area contributed by atoms with E-state index in [2.05, 4.69) is 9.98 Å². The average Bonchev–Trinajstić information content (AvgIpc) is 3.31. The summed E-state index contributed by atoms with van der Waals surface area (Å²) in [6.45, 7) is 1.91. The van der Waals surface area contributed by atoms with Crippen LogP contribution < -0.4 is 4.90 Å². The molecule has 2 aromatic carbocycles. The van der Waals surface area contributed by atoms with E-state index in [4.69, 9.17) is 4.74 Å². The van der Waals surface area contributed by atoms with Gasteiger partial charge in [0.25, 0.3) is 5.91 Å². The van der Waals surface area contributed by atoms with E-state index in [9.17, 15) is 9.59 Å². The molecule has 0 unspecified atom stereocenters. The van der Waals surface area contributed by atoms with Crippen molar-refractivity contribution in [3.63, 3.8) is 0 Å². The molecule has 30 heavy (non-hydrogen) atoms. The normalized spacial score (nSPS) is 16.5. The summed E-state index contributed by atoms with van der Waals surface area (Å²) in [6, 6.07) is 16.3. The highest BCUT2D eigenvalue weighted by Gasteiger charge is 2.34. The number of thioether (sulfide) groups is 1. The number of nitrogens with zero attached hydrogens (tertiary/aromatic N) is 3. The van der Waals surface area contributed by atoms with E-state index in [0.717, 1.165) is 16.9 Å². The molecule has 1 saturated heterocycles. The van der Waals surface area contributed by atoms with Crippen LogP contribution in [0.4, 0.5) is 10.8 Å². The zero-order valence-corrected chi connectivity index (χ0v) is 17.9. The summed E-state index contributed by atoms with van der Waals surface area (Å²) in [7, 11) is 1.34. The van der Waals surface area contributed by atoms with Crippen LogP contribution in [0.25, 0.3) is 6.08 Å². The van der Waals surface area contributed by atoms with Gasteiger partial charge in [-0.25, -0.2) is 9.78 Å².